The first kappa shape index (κ1) is 25.5. The number of aromatic hydroxyl groups is 2. The van der Waals surface area contributed by atoms with Crippen molar-refractivity contribution in [2.75, 3.05) is 14.2 Å². The fourth-order valence-corrected chi connectivity index (χ4v) is 3.30. The number of esters is 2. The summed E-state index contributed by atoms with van der Waals surface area (Å²) in [5.41, 5.74) is 2.73. The molecule has 0 saturated heterocycles. The molecule has 0 spiro atoms. The quantitative estimate of drug-likeness (QED) is 0.592. The Bertz CT molecular complexity index is 1120. The molecule has 2 N–H and O–H groups in total. The van der Waals surface area contributed by atoms with Gasteiger partial charge in [-0.3, -0.25) is 9.59 Å². The van der Waals surface area contributed by atoms with Gasteiger partial charge in [0, 0.05) is 18.4 Å². The number of nitrogens with zero attached hydrogens (tertiary/aromatic N) is 2. The number of ether oxygens (including phenoxy) is 2. The van der Waals surface area contributed by atoms with E-state index in [1.54, 1.807) is 30.3 Å². The molecule has 10 nitrogen and oxygen atoms in total. The fourth-order valence-electron chi connectivity index (χ4n) is 3.30. The number of phenolic OH excluding ortho intramolecular Hbond substituents is 2. The van der Waals surface area contributed by atoms with Gasteiger partial charge >= 0.3 is 11.9 Å². The second-order valence-electron chi connectivity index (χ2n) is 7.71. The lowest BCUT2D eigenvalue weighted by Crippen LogP contribution is -2.15. The van der Waals surface area contributed by atoms with Crippen LogP contribution in [0, 0.1) is 5.82 Å². The van der Waals surface area contributed by atoms with E-state index in [1.807, 2.05) is 0 Å². The number of halogens is 1. The number of hydrogen-bond donors (Lipinski definition) is 2. The molecule has 0 saturated carbocycles. The number of phenols is 2. The smallest absolute Gasteiger partial charge is 0.309 e. The van der Waals surface area contributed by atoms with Crippen molar-refractivity contribution >= 4 is 23.4 Å². The number of methoxy groups -OCH3 is 2. The second kappa shape index (κ2) is 11.8. The van der Waals surface area contributed by atoms with Gasteiger partial charge in [0.1, 0.15) is 18.0 Å². The summed E-state index contributed by atoms with van der Waals surface area (Å²) in [5, 5.41) is 26.0. The molecule has 35 heavy (non-hydrogen) atoms. The summed E-state index contributed by atoms with van der Waals surface area (Å²) >= 11 is 0. The molecule has 2 aromatic rings. The molecular weight excluding hydrogens is 463 g/mol. The van der Waals surface area contributed by atoms with Gasteiger partial charge < -0.3 is 29.4 Å². The van der Waals surface area contributed by atoms with Crippen LogP contribution in [0.2, 0.25) is 0 Å². The third kappa shape index (κ3) is 7.16. The Hall–Kier alpha value is -4.15. The SMILES string of the molecule is COC(=O)C[C@H]1CC(c2ccc(O)c(F)c2)=NO1.COC(=O)C[C@H]1CC(c2ccc(O)cc2)=NO1. The normalized spacial score (nSPS) is 18.3. The predicted molar refractivity (Wildman–Crippen MR) is 121 cm³/mol. The highest BCUT2D eigenvalue weighted by Gasteiger charge is 2.26. The number of oxime groups is 2. The summed E-state index contributed by atoms with van der Waals surface area (Å²) in [4.78, 5) is 32.3. The van der Waals surface area contributed by atoms with E-state index >= 15 is 0 Å². The van der Waals surface area contributed by atoms with Crippen LogP contribution in [0.3, 0.4) is 0 Å². The van der Waals surface area contributed by atoms with Crippen molar-refractivity contribution < 1.29 is 43.3 Å². The predicted octanol–water partition coefficient (Wildman–Crippen LogP) is 3.04. The van der Waals surface area contributed by atoms with Crippen LogP contribution in [0.15, 0.2) is 52.8 Å². The average Bonchev–Trinajstić information content (AvgIpc) is 3.51. The second-order valence-corrected chi connectivity index (χ2v) is 7.71. The van der Waals surface area contributed by atoms with Gasteiger partial charge in [-0.05, 0) is 48.0 Å². The van der Waals surface area contributed by atoms with Gasteiger partial charge in [0.25, 0.3) is 0 Å². The van der Waals surface area contributed by atoms with E-state index < -0.39 is 11.6 Å². The highest BCUT2D eigenvalue weighted by molar-refractivity contribution is 6.02. The zero-order valence-corrected chi connectivity index (χ0v) is 19.1. The number of carbonyl (C=O) groups excluding carboxylic acids is 2. The maximum atomic E-state index is 13.2. The van der Waals surface area contributed by atoms with Crippen molar-refractivity contribution in [1.82, 2.24) is 0 Å². The Morgan fingerprint density at radius 3 is 1.86 bits per heavy atom. The van der Waals surface area contributed by atoms with Crippen LogP contribution in [-0.2, 0) is 28.7 Å². The molecule has 11 heteroatoms. The van der Waals surface area contributed by atoms with Gasteiger partial charge in [0.15, 0.2) is 11.6 Å². The largest absolute Gasteiger partial charge is 0.508 e. The third-order valence-corrected chi connectivity index (χ3v) is 5.19. The Morgan fingerprint density at radius 1 is 0.886 bits per heavy atom. The van der Waals surface area contributed by atoms with Gasteiger partial charge in [0.05, 0.1) is 38.5 Å². The van der Waals surface area contributed by atoms with E-state index in [4.69, 9.17) is 14.8 Å². The van der Waals surface area contributed by atoms with Crippen LogP contribution in [0.5, 0.6) is 11.5 Å². The summed E-state index contributed by atoms with van der Waals surface area (Å²) in [7, 11) is 2.65. The molecule has 4 rings (SSSR count). The molecule has 0 amide bonds. The van der Waals surface area contributed by atoms with Crippen LogP contribution >= 0.6 is 0 Å². The van der Waals surface area contributed by atoms with E-state index in [0.717, 1.165) is 11.3 Å². The molecule has 2 atom stereocenters. The fraction of sp³-hybridized carbons (Fsp3) is 0.333. The molecule has 0 aromatic heterocycles. The molecular formula is C24H25FN2O8. The van der Waals surface area contributed by atoms with E-state index in [0.29, 0.717) is 24.1 Å². The van der Waals surface area contributed by atoms with Gasteiger partial charge in [-0.2, -0.15) is 0 Å². The number of benzene rings is 2. The lowest BCUT2D eigenvalue weighted by atomic mass is 10.0. The van der Waals surface area contributed by atoms with Crippen molar-refractivity contribution in [1.29, 1.82) is 0 Å². The lowest BCUT2D eigenvalue weighted by molar-refractivity contribution is -0.144. The zero-order chi connectivity index (χ0) is 25.4. The molecule has 0 unspecified atom stereocenters. The van der Waals surface area contributed by atoms with E-state index in [1.165, 1.54) is 26.4 Å². The summed E-state index contributed by atoms with van der Waals surface area (Å²) in [6, 6.07) is 10.7. The summed E-state index contributed by atoms with van der Waals surface area (Å²) in [6.45, 7) is 0. The average molecular weight is 488 g/mol. The minimum atomic E-state index is -0.716. The molecule has 186 valence electrons. The third-order valence-electron chi connectivity index (χ3n) is 5.19. The van der Waals surface area contributed by atoms with Gasteiger partial charge in [-0.15, -0.1) is 0 Å². The number of hydrogen-bond acceptors (Lipinski definition) is 10. The number of carbonyl (C=O) groups is 2. The monoisotopic (exact) mass is 488 g/mol. The van der Waals surface area contributed by atoms with Gasteiger partial charge in [0.2, 0.25) is 0 Å². The van der Waals surface area contributed by atoms with Crippen LogP contribution < -0.4 is 0 Å². The highest BCUT2D eigenvalue weighted by Crippen LogP contribution is 2.23. The number of rotatable bonds is 6. The molecule has 0 bridgehead atoms. The molecule has 2 heterocycles. The first-order valence-electron chi connectivity index (χ1n) is 10.7. The summed E-state index contributed by atoms with van der Waals surface area (Å²) < 4.78 is 22.3. The Kier molecular flexibility index (Phi) is 8.60. The molecule has 0 radical (unpaired) electrons. The first-order valence-corrected chi connectivity index (χ1v) is 10.7. The van der Waals surface area contributed by atoms with Crippen molar-refractivity contribution in [3.05, 3.63) is 59.4 Å². The summed E-state index contributed by atoms with van der Waals surface area (Å²) in [6.07, 6.45) is 0.626. The van der Waals surface area contributed by atoms with E-state index in [9.17, 15) is 19.1 Å². The zero-order valence-electron chi connectivity index (χ0n) is 19.1. The van der Waals surface area contributed by atoms with Crippen molar-refractivity contribution in [3.8, 4) is 11.5 Å². The Balaban J connectivity index is 0.000000196. The molecule has 0 fully saturated rings. The molecule has 2 aromatic carbocycles. The maximum absolute atomic E-state index is 13.2. The van der Waals surface area contributed by atoms with Crippen LogP contribution in [-0.4, -0.2) is 60.0 Å². The van der Waals surface area contributed by atoms with Gasteiger partial charge in [-0.25, -0.2) is 4.39 Å². The Morgan fingerprint density at radius 2 is 1.37 bits per heavy atom. The van der Waals surface area contributed by atoms with Crippen molar-refractivity contribution in [3.63, 3.8) is 0 Å². The van der Waals surface area contributed by atoms with Crippen LogP contribution in [0.25, 0.3) is 0 Å². The molecule has 2 aliphatic rings. The van der Waals surface area contributed by atoms with E-state index in [-0.39, 0.29) is 42.7 Å². The lowest BCUT2D eigenvalue weighted by Gasteiger charge is -2.05. The minimum absolute atomic E-state index is 0.101. The van der Waals surface area contributed by atoms with Crippen molar-refractivity contribution in [2.24, 2.45) is 10.3 Å². The standard InChI is InChI=1S/C12H12FNO4.C12H13NO4/c1-17-12(16)6-8-5-10(14-18-8)7-2-3-11(15)9(13)4-7;1-16-12(15)7-10-6-11(13-17-10)8-2-4-9(14)5-3-8/h2-4,8,15H,5-6H2,1H3;2-5,10,14H,6-7H2,1H3/t8-;10-/m11/s1. The van der Waals surface area contributed by atoms with Gasteiger partial charge in [-0.1, -0.05) is 10.3 Å². The summed E-state index contributed by atoms with van der Waals surface area (Å²) in [5.74, 6) is -1.61. The van der Waals surface area contributed by atoms with E-state index in [2.05, 4.69) is 19.8 Å². The molecule has 0 aliphatic carbocycles. The maximum Gasteiger partial charge on any atom is 0.309 e. The topological polar surface area (TPSA) is 136 Å². The first-order chi connectivity index (χ1) is 16.8. The highest BCUT2D eigenvalue weighted by atomic mass is 19.1. The molecule has 2 aliphatic heterocycles. The van der Waals surface area contributed by atoms with Crippen molar-refractivity contribution in [2.45, 2.75) is 37.9 Å². The minimum Gasteiger partial charge on any atom is -0.508 e. The Labute approximate surface area is 200 Å². The van der Waals surface area contributed by atoms with Crippen LogP contribution in [0.4, 0.5) is 4.39 Å². The van der Waals surface area contributed by atoms with Crippen LogP contribution in [0.1, 0.15) is 36.8 Å².